The monoisotopic (exact) mass is 361 g/mol. The second-order valence-corrected chi connectivity index (χ2v) is 6.72. The number of carbonyl (C=O) groups excluding carboxylic acids is 1. The molecule has 6 nitrogen and oxygen atoms in total. The summed E-state index contributed by atoms with van der Waals surface area (Å²) in [6.45, 7) is 0.689. The van der Waals surface area contributed by atoms with Crippen molar-refractivity contribution in [2.45, 2.75) is 18.5 Å². The van der Waals surface area contributed by atoms with Crippen molar-refractivity contribution in [2.24, 2.45) is 4.99 Å². The third kappa shape index (κ3) is 2.59. The van der Waals surface area contributed by atoms with E-state index in [1.165, 1.54) is 18.5 Å². The number of aromatic nitrogens is 3. The molecule has 2 aliphatic heterocycles. The number of nitrogens with zero attached hydrogens (tertiary/aromatic N) is 3. The number of nitrogens with one attached hydrogen (secondary N) is 2. The van der Waals surface area contributed by atoms with Crippen molar-refractivity contribution < 1.29 is 9.18 Å². The normalized spacial score (nSPS) is 21.4. The van der Waals surface area contributed by atoms with Crippen LogP contribution in [0.2, 0.25) is 0 Å². The molecule has 0 amide bonds. The van der Waals surface area contributed by atoms with Crippen LogP contribution in [0, 0.1) is 5.82 Å². The lowest BCUT2D eigenvalue weighted by molar-refractivity contribution is 0.1000. The topological polar surface area (TPSA) is 83.0 Å². The van der Waals surface area contributed by atoms with E-state index in [9.17, 15) is 9.18 Å². The minimum atomic E-state index is -0.283. The first-order valence-electron chi connectivity index (χ1n) is 8.76. The summed E-state index contributed by atoms with van der Waals surface area (Å²) in [5.41, 5.74) is 4.34. The van der Waals surface area contributed by atoms with Crippen LogP contribution in [0.5, 0.6) is 0 Å². The summed E-state index contributed by atoms with van der Waals surface area (Å²) in [5.74, 6) is 0.128. The number of hydrogen-bond donors (Lipinski definition) is 2. The van der Waals surface area contributed by atoms with Gasteiger partial charge >= 0.3 is 0 Å². The van der Waals surface area contributed by atoms with E-state index in [4.69, 9.17) is 0 Å². The summed E-state index contributed by atoms with van der Waals surface area (Å²) in [7, 11) is 0. The molecule has 0 saturated heterocycles. The third-order valence-corrected chi connectivity index (χ3v) is 5.20. The van der Waals surface area contributed by atoms with E-state index in [2.05, 4.69) is 25.5 Å². The molecule has 2 aliphatic rings. The summed E-state index contributed by atoms with van der Waals surface area (Å²) >= 11 is 0. The van der Waals surface area contributed by atoms with Gasteiger partial charge in [0.2, 0.25) is 0 Å². The number of aliphatic imine (C=N–C) groups is 1. The van der Waals surface area contributed by atoms with Crippen LogP contribution in [0.3, 0.4) is 0 Å². The lowest BCUT2D eigenvalue weighted by atomic mass is 9.82. The molecule has 3 heterocycles. The predicted octanol–water partition coefficient (Wildman–Crippen LogP) is 2.56. The Balaban J connectivity index is 1.72. The van der Waals surface area contributed by atoms with Gasteiger partial charge in [-0.15, -0.1) is 0 Å². The molecule has 0 saturated carbocycles. The maximum Gasteiger partial charge on any atom is 0.184 e. The zero-order valence-corrected chi connectivity index (χ0v) is 14.3. The van der Waals surface area contributed by atoms with Gasteiger partial charge in [-0.3, -0.25) is 14.9 Å². The SMILES string of the molecule is O=C1CN=C2c3c(cccc31)CNC(c1ccc(F)cc1)C2c1ncn[nH]1. The predicted molar refractivity (Wildman–Crippen MR) is 97.3 cm³/mol. The number of hydrogen-bond acceptors (Lipinski definition) is 5. The Kier molecular flexibility index (Phi) is 3.68. The highest BCUT2D eigenvalue weighted by Crippen LogP contribution is 2.38. The molecular weight excluding hydrogens is 345 g/mol. The van der Waals surface area contributed by atoms with Crippen molar-refractivity contribution in [3.8, 4) is 0 Å². The molecule has 134 valence electrons. The van der Waals surface area contributed by atoms with Gasteiger partial charge in [0.15, 0.2) is 5.78 Å². The lowest BCUT2D eigenvalue weighted by Crippen LogP contribution is -2.31. The maximum absolute atomic E-state index is 13.5. The molecule has 2 atom stereocenters. The number of carbonyl (C=O) groups is 1. The van der Waals surface area contributed by atoms with Crippen LogP contribution < -0.4 is 5.32 Å². The number of Topliss-reactive ketones (excluding diaryl/α,β-unsaturated/α-hetero) is 1. The van der Waals surface area contributed by atoms with Gasteiger partial charge in [-0.05, 0) is 23.3 Å². The zero-order chi connectivity index (χ0) is 18.4. The minimum absolute atomic E-state index is 0.0205. The molecule has 7 heteroatoms. The number of ketones is 1. The van der Waals surface area contributed by atoms with Crippen molar-refractivity contribution in [3.63, 3.8) is 0 Å². The van der Waals surface area contributed by atoms with E-state index < -0.39 is 0 Å². The molecule has 0 bridgehead atoms. The highest BCUT2D eigenvalue weighted by molar-refractivity contribution is 6.18. The molecule has 2 N–H and O–H groups in total. The largest absolute Gasteiger partial charge is 0.305 e. The Bertz CT molecular complexity index is 1040. The first-order valence-corrected chi connectivity index (χ1v) is 8.76. The molecule has 0 fully saturated rings. The number of aromatic amines is 1. The van der Waals surface area contributed by atoms with Gasteiger partial charge in [0.05, 0.1) is 11.6 Å². The van der Waals surface area contributed by atoms with Crippen molar-refractivity contribution >= 4 is 11.5 Å². The molecule has 2 unspecified atom stereocenters. The number of H-pyrrole nitrogens is 1. The summed E-state index contributed by atoms with van der Waals surface area (Å²) in [6, 6.07) is 12.0. The molecule has 2 aromatic carbocycles. The zero-order valence-electron chi connectivity index (χ0n) is 14.3. The summed E-state index contributed by atoms with van der Waals surface area (Å²) in [4.78, 5) is 21.4. The molecule has 0 radical (unpaired) electrons. The van der Waals surface area contributed by atoms with Crippen LogP contribution in [0.25, 0.3) is 0 Å². The summed E-state index contributed by atoms with van der Waals surface area (Å²) < 4.78 is 13.5. The van der Waals surface area contributed by atoms with E-state index in [1.54, 1.807) is 12.1 Å². The second-order valence-electron chi connectivity index (χ2n) is 6.72. The second kappa shape index (κ2) is 6.21. The lowest BCUT2D eigenvalue weighted by Gasteiger charge is -2.27. The van der Waals surface area contributed by atoms with Gasteiger partial charge < -0.3 is 5.32 Å². The Labute approximate surface area is 154 Å². The third-order valence-electron chi connectivity index (χ3n) is 5.20. The Morgan fingerprint density at radius 3 is 2.74 bits per heavy atom. The first-order chi connectivity index (χ1) is 13.2. The highest BCUT2D eigenvalue weighted by atomic mass is 19.1. The van der Waals surface area contributed by atoms with Crippen LogP contribution in [0.1, 0.15) is 44.8 Å². The fraction of sp³-hybridized carbons (Fsp3) is 0.200. The molecule has 0 spiro atoms. The van der Waals surface area contributed by atoms with Crippen LogP contribution in [-0.2, 0) is 6.54 Å². The van der Waals surface area contributed by atoms with Crippen LogP contribution in [0.4, 0.5) is 4.39 Å². The molecule has 3 aromatic rings. The number of halogens is 1. The van der Waals surface area contributed by atoms with Crippen LogP contribution in [-0.4, -0.2) is 33.2 Å². The quantitative estimate of drug-likeness (QED) is 0.735. The van der Waals surface area contributed by atoms with Crippen molar-refractivity contribution in [2.75, 3.05) is 6.54 Å². The Morgan fingerprint density at radius 1 is 1.11 bits per heavy atom. The summed E-state index contributed by atoms with van der Waals surface area (Å²) in [6.07, 6.45) is 1.46. The van der Waals surface area contributed by atoms with E-state index in [1.807, 2.05) is 18.2 Å². The van der Waals surface area contributed by atoms with E-state index in [0.717, 1.165) is 22.4 Å². The van der Waals surface area contributed by atoms with Gasteiger partial charge in [-0.1, -0.05) is 30.3 Å². The van der Waals surface area contributed by atoms with Crippen LogP contribution >= 0.6 is 0 Å². The van der Waals surface area contributed by atoms with E-state index in [0.29, 0.717) is 17.9 Å². The van der Waals surface area contributed by atoms with Gasteiger partial charge in [-0.2, -0.15) is 5.10 Å². The van der Waals surface area contributed by atoms with E-state index >= 15 is 0 Å². The van der Waals surface area contributed by atoms with Crippen molar-refractivity contribution in [3.05, 3.63) is 82.7 Å². The molecular formula is C20H16FN5O. The average Bonchev–Trinajstić information content (AvgIpc) is 3.16. The van der Waals surface area contributed by atoms with Gasteiger partial charge in [0.25, 0.3) is 0 Å². The average molecular weight is 361 g/mol. The molecule has 5 rings (SSSR count). The van der Waals surface area contributed by atoms with Crippen LogP contribution in [0.15, 0.2) is 53.8 Å². The van der Waals surface area contributed by atoms with Gasteiger partial charge in [0.1, 0.15) is 24.5 Å². The molecule has 0 aliphatic carbocycles. The highest BCUT2D eigenvalue weighted by Gasteiger charge is 2.38. The van der Waals surface area contributed by atoms with Gasteiger partial charge in [0, 0.05) is 23.7 Å². The number of rotatable bonds is 2. The van der Waals surface area contributed by atoms with E-state index in [-0.39, 0.29) is 30.1 Å². The Morgan fingerprint density at radius 2 is 1.96 bits per heavy atom. The molecule has 27 heavy (non-hydrogen) atoms. The summed E-state index contributed by atoms with van der Waals surface area (Å²) in [5, 5.41) is 10.5. The van der Waals surface area contributed by atoms with Gasteiger partial charge in [-0.25, -0.2) is 9.37 Å². The smallest absolute Gasteiger partial charge is 0.184 e. The Hall–Kier alpha value is -3.19. The maximum atomic E-state index is 13.5. The fourth-order valence-corrected chi connectivity index (χ4v) is 3.99. The number of benzene rings is 2. The fourth-order valence-electron chi connectivity index (χ4n) is 3.99. The molecule has 1 aromatic heterocycles. The first kappa shape index (κ1) is 16.0. The standard InChI is InChI=1S/C20H16FN5O/c21-13-6-4-11(5-7-13)18-17(20-24-10-25-26-20)19-16-12(8-22-18)2-1-3-14(16)15(27)9-23-19/h1-7,10,17-18,22H,8-9H2,(H,24,25,26). The van der Waals surface area contributed by atoms with Crippen molar-refractivity contribution in [1.29, 1.82) is 0 Å². The minimum Gasteiger partial charge on any atom is -0.305 e. The van der Waals surface area contributed by atoms with Crippen molar-refractivity contribution in [1.82, 2.24) is 20.5 Å².